The van der Waals surface area contributed by atoms with Crippen LogP contribution in [0.3, 0.4) is 0 Å². The summed E-state index contributed by atoms with van der Waals surface area (Å²) in [5.41, 5.74) is 6.99. The number of hydrogen-bond donors (Lipinski definition) is 0. The fourth-order valence-corrected chi connectivity index (χ4v) is 5.27. The molecule has 3 aromatic carbocycles. The molecule has 0 aliphatic carbocycles. The van der Waals surface area contributed by atoms with Crippen molar-refractivity contribution < 1.29 is 4.48 Å². The van der Waals surface area contributed by atoms with Crippen molar-refractivity contribution in [2.45, 2.75) is 59.7 Å². The number of halogens is 3. The number of benzene rings is 3. The van der Waals surface area contributed by atoms with Gasteiger partial charge in [0.25, 0.3) is 0 Å². The van der Waals surface area contributed by atoms with Crippen molar-refractivity contribution in [2.75, 3.05) is 28.2 Å². The SMILES string of the molecule is CCCCCC[B-](c1ccc(C)c(Cl)c1)(c1ccc(C)c(Cl)c1)c1ccc(C)c(Cl)c1.C[N+](C)(C)C. The van der Waals surface area contributed by atoms with Gasteiger partial charge in [-0.1, -0.05) is 122 Å². The summed E-state index contributed by atoms with van der Waals surface area (Å²) in [6.45, 7) is 8.40. The third-order valence-electron chi connectivity index (χ3n) is 6.79. The maximum atomic E-state index is 6.65. The van der Waals surface area contributed by atoms with Gasteiger partial charge in [-0.15, -0.1) is 0 Å². The normalized spacial score (nSPS) is 11.8. The molecule has 3 aromatic rings. The molecule has 0 aliphatic rings. The summed E-state index contributed by atoms with van der Waals surface area (Å²) in [6, 6.07) is 19.6. The van der Waals surface area contributed by atoms with Gasteiger partial charge in [-0.05, 0) is 37.5 Å². The Morgan fingerprint density at radius 2 is 0.917 bits per heavy atom. The monoisotopic (exact) mass is 545 g/mol. The Labute approximate surface area is 235 Å². The highest BCUT2D eigenvalue weighted by molar-refractivity contribution is 7.11. The minimum absolute atomic E-state index is 0.800. The van der Waals surface area contributed by atoms with Gasteiger partial charge in [-0.25, -0.2) is 0 Å². The first-order valence-electron chi connectivity index (χ1n) is 13.1. The van der Waals surface area contributed by atoms with Crippen LogP contribution < -0.4 is 16.4 Å². The van der Waals surface area contributed by atoms with Crippen LogP contribution in [0.25, 0.3) is 0 Å². The maximum absolute atomic E-state index is 6.65. The van der Waals surface area contributed by atoms with Crippen LogP contribution >= 0.6 is 34.8 Å². The van der Waals surface area contributed by atoms with E-state index in [-0.39, 0.29) is 0 Å². The molecule has 3 rings (SSSR count). The predicted molar refractivity (Wildman–Crippen MR) is 166 cm³/mol. The summed E-state index contributed by atoms with van der Waals surface area (Å²) in [6.07, 6.45) is 4.54. The van der Waals surface area contributed by atoms with E-state index in [0.29, 0.717) is 0 Å². The van der Waals surface area contributed by atoms with Crippen LogP contribution in [0.5, 0.6) is 0 Å². The molecule has 1 nitrogen and oxygen atoms in total. The van der Waals surface area contributed by atoms with E-state index in [0.717, 1.165) is 49.0 Å². The molecule has 0 saturated heterocycles. The predicted octanol–water partition coefficient (Wildman–Crippen LogP) is 7.94. The van der Waals surface area contributed by atoms with E-state index in [9.17, 15) is 0 Å². The van der Waals surface area contributed by atoms with E-state index < -0.39 is 6.15 Å². The molecule has 36 heavy (non-hydrogen) atoms. The molecule has 0 heterocycles. The van der Waals surface area contributed by atoms with Crippen LogP contribution in [-0.2, 0) is 0 Å². The summed E-state index contributed by atoms with van der Waals surface area (Å²) in [7, 11) is 8.50. The van der Waals surface area contributed by atoms with Gasteiger partial charge in [0, 0.05) is 15.1 Å². The van der Waals surface area contributed by atoms with Crippen molar-refractivity contribution in [3.8, 4) is 0 Å². The average Bonchev–Trinajstić information content (AvgIpc) is 2.79. The van der Waals surface area contributed by atoms with Gasteiger partial charge in [0.1, 0.15) is 0 Å². The van der Waals surface area contributed by atoms with Gasteiger partial charge >= 0.3 is 0 Å². The molecule has 0 unspecified atom stereocenters. The molecule has 0 radical (unpaired) electrons. The molecule has 0 aromatic heterocycles. The highest BCUT2D eigenvalue weighted by atomic mass is 35.5. The van der Waals surface area contributed by atoms with Crippen molar-refractivity contribution in [2.24, 2.45) is 0 Å². The van der Waals surface area contributed by atoms with Crippen LogP contribution in [0.2, 0.25) is 21.4 Å². The zero-order chi connectivity index (χ0) is 27.1. The second kappa shape index (κ2) is 13.4. The van der Waals surface area contributed by atoms with Gasteiger partial charge in [0.15, 0.2) is 0 Å². The number of unbranched alkanes of at least 4 members (excludes halogenated alkanes) is 3. The van der Waals surface area contributed by atoms with Crippen LogP contribution in [0.4, 0.5) is 0 Å². The molecule has 5 heteroatoms. The fraction of sp³-hybridized carbons (Fsp3) is 0.419. The van der Waals surface area contributed by atoms with Crippen molar-refractivity contribution >= 4 is 57.3 Å². The number of nitrogens with zero attached hydrogens (tertiary/aromatic N) is 1. The number of hydrogen-bond acceptors (Lipinski definition) is 0. The number of quaternary nitrogens is 1. The summed E-state index contributed by atoms with van der Waals surface area (Å²) in [5.74, 6) is 0. The standard InChI is InChI=1S/C27H31BCl3.C4H12N/c1-5-6-7-8-15-28(22-12-9-19(2)25(29)16-22,23-13-10-20(3)26(30)17-23)24-14-11-21(4)27(31)18-24;1-5(2,3)4/h9-14,16-18H,5-8,15H2,1-4H3;1-4H3/q-1;+1. The average molecular weight is 547 g/mol. The second-order valence-corrected chi connectivity index (χ2v) is 12.8. The molecule has 0 atom stereocenters. The third-order valence-corrected chi connectivity index (χ3v) is 8.01. The van der Waals surface area contributed by atoms with Gasteiger partial charge in [-0.2, -0.15) is 22.7 Å². The largest absolute Gasteiger partial charge is 0.333 e. The lowest BCUT2D eigenvalue weighted by Crippen LogP contribution is -2.67. The van der Waals surface area contributed by atoms with Crippen molar-refractivity contribution in [1.29, 1.82) is 0 Å². The molecule has 0 fully saturated rings. The van der Waals surface area contributed by atoms with Crippen molar-refractivity contribution in [3.05, 3.63) is 86.4 Å². The zero-order valence-corrected chi connectivity index (χ0v) is 25.7. The fourth-order valence-electron chi connectivity index (χ4n) is 4.70. The van der Waals surface area contributed by atoms with E-state index in [2.05, 4.69) is 89.7 Å². The Bertz CT molecular complexity index is 1020. The van der Waals surface area contributed by atoms with E-state index in [4.69, 9.17) is 34.8 Å². The van der Waals surface area contributed by atoms with Crippen LogP contribution in [0.15, 0.2) is 54.6 Å². The Kier molecular flexibility index (Phi) is 11.4. The van der Waals surface area contributed by atoms with Gasteiger partial charge in [0.05, 0.1) is 34.3 Å². The number of rotatable bonds is 8. The lowest BCUT2D eigenvalue weighted by molar-refractivity contribution is -0.849. The van der Waals surface area contributed by atoms with E-state index >= 15 is 0 Å². The van der Waals surface area contributed by atoms with Crippen LogP contribution in [-0.4, -0.2) is 38.8 Å². The molecule has 0 amide bonds. The lowest BCUT2D eigenvalue weighted by Gasteiger charge is -2.44. The van der Waals surface area contributed by atoms with Gasteiger partial charge in [-0.3, -0.25) is 0 Å². The Hall–Kier alpha value is -1.45. The molecule has 0 saturated carbocycles. The molecule has 0 spiro atoms. The smallest absolute Gasteiger partial charge is 0.0816 e. The molecule has 0 aliphatic heterocycles. The molecule has 0 N–H and O–H groups in total. The zero-order valence-electron chi connectivity index (χ0n) is 23.4. The molecular formula is C31H43BCl3N. The lowest BCUT2D eigenvalue weighted by atomic mass is 9.14. The topological polar surface area (TPSA) is 0 Å². The van der Waals surface area contributed by atoms with Crippen LogP contribution in [0.1, 0.15) is 49.3 Å². The Balaban J connectivity index is 0.000000830. The highest BCUT2D eigenvalue weighted by Crippen LogP contribution is 2.24. The van der Waals surface area contributed by atoms with Gasteiger partial charge < -0.3 is 4.48 Å². The summed E-state index contributed by atoms with van der Waals surface area (Å²) < 4.78 is 1.00. The Morgan fingerprint density at radius 3 is 1.19 bits per heavy atom. The highest BCUT2D eigenvalue weighted by Gasteiger charge is 2.30. The first-order valence-corrected chi connectivity index (χ1v) is 14.2. The Morgan fingerprint density at radius 1 is 0.583 bits per heavy atom. The minimum Gasteiger partial charge on any atom is -0.333 e. The quantitative estimate of drug-likeness (QED) is 0.153. The first kappa shape index (κ1) is 30.8. The summed E-state index contributed by atoms with van der Waals surface area (Å²) in [5, 5.41) is 2.40. The second-order valence-electron chi connectivity index (χ2n) is 11.6. The minimum atomic E-state index is -1.28. The van der Waals surface area contributed by atoms with Gasteiger partial charge in [0.2, 0.25) is 0 Å². The maximum Gasteiger partial charge on any atom is 0.0816 e. The first-order chi connectivity index (χ1) is 16.8. The van der Waals surface area contributed by atoms with Crippen LogP contribution in [0, 0.1) is 20.8 Å². The molecule has 0 bridgehead atoms. The van der Waals surface area contributed by atoms with E-state index in [1.807, 2.05) is 20.8 Å². The summed E-state index contributed by atoms with van der Waals surface area (Å²) in [4.78, 5) is 0. The van der Waals surface area contributed by atoms with E-state index in [1.165, 1.54) is 35.7 Å². The summed E-state index contributed by atoms with van der Waals surface area (Å²) >= 11 is 19.9. The van der Waals surface area contributed by atoms with Crippen molar-refractivity contribution in [3.63, 3.8) is 0 Å². The van der Waals surface area contributed by atoms with Crippen molar-refractivity contribution in [1.82, 2.24) is 0 Å². The molecular weight excluding hydrogens is 504 g/mol. The third kappa shape index (κ3) is 8.28. The van der Waals surface area contributed by atoms with E-state index in [1.54, 1.807) is 0 Å². The number of aryl methyl sites for hydroxylation is 3. The molecule has 196 valence electrons.